The van der Waals surface area contributed by atoms with Crippen LogP contribution in [-0.2, 0) is 11.3 Å². The topological polar surface area (TPSA) is 9.23 Å². The molecule has 1 aliphatic heterocycles. The van der Waals surface area contributed by atoms with Crippen molar-refractivity contribution in [2.24, 2.45) is 0 Å². The Bertz CT molecular complexity index is 257. The van der Waals surface area contributed by atoms with Crippen molar-refractivity contribution in [2.75, 3.05) is 0 Å². The second-order valence-electron chi connectivity index (χ2n) is 2.58. The van der Waals surface area contributed by atoms with Crippen LogP contribution in [0.25, 0.3) is 0 Å². The highest BCUT2D eigenvalue weighted by Crippen LogP contribution is 2.07. The maximum Gasteiger partial charge on any atom is 0.331 e. The average molecular weight is 131 g/mol. The standard InChI is InChI=1S/C8H8BO/c1-6-3-2-4-7-5-10-9-8(6)7/h2-4H,5H2,1H3. The average Bonchev–Trinajstić information content (AvgIpc) is 2.36. The number of hydrogen-bond acceptors (Lipinski definition) is 1. The van der Waals surface area contributed by atoms with Crippen molar-refractivity contribution in [2.45, 2.75) is 13.5 Å². The van der Waals surface area contributed by atoms with Crippen molar-refractivity contribution in [3.05, 3.63) is 29.3 Å². The van der Waals surface area contributed by atoms with Crippen molar-refractivity contribution in [3.63, 3.8) is 0 Å². The molecular formula is C8H8BO. The van der Waals surface area contributed by atoms with Crippen molar-refractivity contribution < 1.29 is 4.65 Å². The van der Waals surface area contributed by atoms with E-state index in [1.807, 2.05) is 7.48 Å². The zero-order valence-electron chi connectivity index (χ0n) is 5.92. The van der Waals surface area contributed by atoms with Gasteiger partial charge >= 0.3 is 7.48 Å². The predicted octanol–water partition coefficient (Wildman–Crippen LogP) is 0.770. The fourth-order valence-electron chi connectivity index (χ4n) is 1.25. The molecule has 0 N–H and O–H groups in total. The van der Waals surface area contributed by atoms with E-state index in [1.54, 1.807) is 0 Å². The minimum atomic E-state index is 0.747. The van der Waals surface area contributed by atoms with Crippen LogP contribution < -0.4 is 5.46 Å². The van der Waals surface area contributed by atoms with Gasteiger partial charge in [-0.25, -0.2) is 0 Å². The van der Waals surface area contributed by atoms with Crippen LogP contribution in [0.1, 0.15) is 11.1 Å². The second kappa shape index (κ2) is 2.13. The van der Waals surface area contributed by atoms with Gasteiger partial charge in [0.15, 0.2) is 0 Å². The Morgan fingerprint density at radius 2 is 2.40 bits per heavy atom. The molecule has 0 bridgehead atoms. The van der Waals surface area contributed by atoms with Gasteiger partial charge in [0, 0.05) is 0 Å². The normalized spacial score (nSPS) is 14.5. The lowest BCUT2D eigenvalue weighted by atomic mass is 9.84. The summed E-state index contributed by atoms with van der Waals surface area (Å²) in [4.78, 5) is 0. The molecular weight excluding hydrogens is 123 g/mol. The summed E-state index contributed by atoms with van der Waals surface area (Å²) in [6.07, 6.45) is 0. The van der Waals surface area contributed by atoms with Crippen molar-refractivity contribution in [1.29, 1.82) is 0 Å². The number of fused-ring (bicyclic) bond motifs is 1. The molecule has 1 aromatic carbocycles. The first-order valence-electron chi connectivity index (χ1n) is 3.41. The van der Waals surface area contributed by atoms with Gasteiger partial charge in [-0.2, -0.15) is 0 Å². The van der Waals surface area contributed by atoms with Crippen LogP contribution in [0.5, 0.6) is 0 Å². The number of rotatable bonds is 0. The highest BCUT2D eigenvalue weighted by Gasteiger charge is 2.13. The third-order valence-corrected chi connectivity index (χ3v) is 1.85. The molecule has 10 heavy (non-hydrogen) atoms. The fraction of sp³-hybridized carbons (Fsp3) is 0.250. The summed E-state index contributed by atoms with van der Waals surface area (Å²) in [7, 11) is 1.84. The maximum absolute atomic E-state index is 5.17. The molecule has 0 saturated heterocycles. The van der Waals surface area contributed by atoms with Gasteiger partial charge in [0.2, 0.25) is 0 Å². The maximum atomic E-state index is 5.17. The minimum absolute atomic E-state index is 0.747. The number of hydrogen-bond donors (Lipinski definition) is 0. The Morgan fingerprint density at radius 3 is 3.20 bits per heavy atom. The smallest absolute Gasteiger partial charge is 0.331 e. The molecule has 1 aromatic rings. The fourth-order valence-corrected chi connectivity index (χ4v) is 1.25. The van der Waals surface area contributed by atoms with Gasteiger partial charge < -0.3 is 4.65 Å². The van der Waals surface area contributed by atoms with Crippen molar-refractivity contribution >= 4 is 12.9 Å². The van der Waals surface area contributed by atoms with Gasteiger partial charge in [-0.1, -0.05) is 23.8 Å². The quantitative estimate of drug-likeness (QED) is 0.472. The summed E-state index contributed by atoms with van der Waals surface area (Å²) < 4.78 is 5.17. The molecule has 2 rings (SSSR count). The zero-order chi connectivity index (χ0) is 6.97. The molecule has 0 aromatic heterocycles. The molecule has 0 amide bonds. The van der Waals surface area contributed by atoms with Gasteiger partial charge in [-0.15, -0.1) is 0 Å². The summed E-state index contributed by atoms with van der Waals surface area (Å²) >= 11 is 0. The van der Waals surface area contributed by atoms with E-state index in [-0.39, 0.29) is 0 Å². The van der Waals surface area contributed by atoms with Gasteiger partial charge in [0.25, 0.3) is 0 Å². The molecule has 2 heteroatoms. The lowest BCUT2D eigenvalue weighted by molar-refractivity contribution is 0.345. The summed E-state index contributed by atoms with van der Waals surface area (Å²) in [6, 6.07) is 6.27. The van der Waals surface area contributed by atoms with Gasteiger partial charge in [0.05, 0.1) is 6.61 Å². The molecule has 1 nitrogen and oxygen atoms in total. The summed E-state index contributed by atoms with van der Waals surface area (Å²) in [6.45, 7) is 2.85. The molecule has 1 aliphatic rings. The Balaban J connectivity index is 2.59. The monoisotopic (exact) mass is 131 g/mol. The summed E-state index contributed by atoms with van der Waals surface area (Å²) in [5, 5.41) is 0. The van der Waals surface area contributed by atoms with Gasteiger partial charge in [0.1, 0.15) is 0 Å². The van der Waals surface area contributed by atoms with Crippen molar-refractivity contribution in [1.82, 2.24) is 0 Å². The lowest BCUT2D eigenvalue weighted by Crippen LogP contribution is -2.14. The minimum Gasteiger partial charge on any atom is -0.430 e. The molecule has 0 unspecified atom stereocenters. The van der Waals surface area contributed by atoms with E-state index in [2.05, 4.69) is 25.1 Å². The van der Waals surface area contributed by atoms with E-state index in [0.717, 1.165) is 6.61 Å². The molecule has 0 saturated carbocycles. The van der Waals surface area contributed by atoms with Crippen LogP contribution in [0.15, 0.2) is 18.2 Å². The van der Waals surface area contributed by atoms with E-state index in [9.17, 15) is 0 Å². The zero-order valence-corrected chi connectivity index (χ0v) is 5.92. The largest absolute Gasteiger partial charge is 0.430 e. The van der Waals surface area contributed by atoms with Crippen LogP contribution in [0, 0.1) is 6.92 Å². The Morgan fingerprint density at radius 1 is 1.50 bits per heavy atom. The molecule has 49 valence electrons. The lowest BCUT2D eigenvalue weighted by Gasteiger charge is -1.98. The number of aryl methyl sites for hydroxylation is 1. The predicted molar refractivity (Wildman–Crippen MR) is 41.4 cm³/mol. The van der Waals surface area contributed by atoms with Gasteiger partial charge in [-0.3, -0.25) is 0 Å². The Hall–Kier alpha value is -0.755. The summed E-state index contributed by atoms with van der Waals surface area (Å²) in [5.41, 5.74) is 3.87. The van der Waals surface area contributed by atoms with Crippen LogP contribution in [0.3, 0.4) is 0 Å². The third-order valence-electron chi connectivity index (χ3n) is 1.85. The van der Waals surface area contributed by atoms with Crippen LogP contribution in [0.4, 0.5) is 0 Å². The van der Waals surface area contributed by atoms with Crippen LogP contribution in [0.2, 0.25) is 0 Å². The molecule has 0 spiro atoms. The highest BCUT2D eigenvalue weighted by molar-refractivity contribution is 6.49. The molecule has 1 radical (unpaired) electrons. The van der Waals surface area contributed by atoms with Crippen LogP contribution >= 0.6 is 0 Å². The first-order valence-corrected chi connectivity index (χ1v) is 3.41. The third kappa shape index (κ3) is 0.763. The van der Waals surface area contributed by atoms with Gasteiger partial charge in [-0.05, 0) is 17.9 Å². The van der Waals surface area contributed by atoms with Crippen LogP contribution in [-0.4, -0.2) is 7.48 Å². The van der Waals surface area contributed by atoms with E-state index in [1.165, 1.54) is 16.6 Å². The Labute approximate surface area is 61.3 Å². The highest BCUT2D eigenvalue weighted by atomic mass is 16.4. The number of benzene rings is 1. The Kier molecular flexibility index (Phi) is 1.28. The first kappa shape index (κ1) is 5.99. The molecule has 0 atom stereocenters. The molecule has 0 aliphatic carbocycles. The van der Waals surface area contributed by atoms with E-state index in [4.69, 9.17) is 4.65 Å². The van der Waals surface area contributed by atoms with E-state index >= 15 is 0 Å². The molecule has 1 heterocycles. The van der Waals surface area contributed by atoms with E-state index in [0.29, 0.717) is 0 Å². The van der Waals surface area contributed by atoms with E-state index < -0.39 is 0 Å². The van der Waals surface area contributed by atoms with Crippen molar-refractivity contribution in [3.8, 4) is 0 Å². The first-order chi connectivity index (χ1) is 4.88. The summed E-state index contributed by atoms with van der Waals surface area (Å²) in [5.74, 6) is 0. The second-order valence-corrected chi connectivity index (χ2v) is 2.58. The SMILES string of the molecule is Cc1cccc2c1[B]OC2. The molecule has 0 fully saturated rings.